The van der Waals surface area contributed by atoms with Crippen LogP contribution >= 0.6 is 0 Å². The first kappa shape index (κ1) is 14.6. The average Bonchev–Trinajstić information content (AvgIpc) is 2.86. The molecule has 1 aromatic rings. The minimum Gasteiger partial charge on any atom is -0.481 e. The number of hydrogen-bond acceptors (Lipinski definition) is 3. The first-order valence-corrected chi connectivity index (χ1v) is 6.02. The van der Waals surface area contributed by atoms with Crippen LogP contribution in [0.1, 0.15) is 5.56 Å². The highest BCUT2D eigenvalue weighted by molar-refractivity contribution is 5.73. The van der Waals surface area contributed by atoms with Crippen LogP contribution in [-0.4, -0.2) is 37.4 Å². The van der Waals surface area contributed by atoms with Crippen LogP contribution < -0.4 is 4.90 Å². The summed E-state index contributed by atoms with van der Waals surface area (Å²) in [4.78, 5) is 12.4. The highest BCUT2D eigenvalue weighted by Gasteiger charge is 2.40. The van der Waals surface area contributed by atoms with Crippen LogP contribution in [-0.2, 0) is 15.7 Å². The molecular weight excluding hydrogens is 275 g/mol. The van der Waals surface area contributed by atoms with E-state index in [0.717, 1.165) is 6.07 Å². The van der Waals surface area contributed by atoms with Crippen molar-refractivity contribution in [1.29, 1.82) is 0 Å². The molecule has 1 aliphatic rings. The van der Waals surface area contributed by atoms with E-state index in [2.05, 4.69) is 0 Å². The lowest BCUT2D eigenvalue weighted by Gasteiger charge is -2.30. The molecule has 20 heavy (non-hydrogen) atoms. The van der Waals surface area contributed by atoms with Crippen molar-refractivity contribution in [2.45, 2.75) is 12.2 Å². The fourth-order valence-corrected chi connectivity index (χ4v) is 2.36. The number of para-hydroxylation sites is 1. The Hall–Kier alpha value is -1.76. The summed E-state index contributed by atoms with van der Waals surface area (Å²) in [5.74, 6) is -1.90. The Morgan fingerprint density at radius 2 is 2.00 bits per heavy atom. The van der Waals surface area contributed by atoms with Gasteiger partial charge in [-0.2, -0.15) is 13.2 Å². The summed E-state index contributed by atoms with van der Waals surface area (Å²) >= 11 is 0. The average molecular weight is 289 g/mol. The number of rotatable bonds is 3. The van der Waals surface area contributed by atoms with Crippen LogP contribution in [0, 0.1) is 5.92 Å². The van der Waals surface area contributed by atoms with Gasteiger partial charge in [0.2, 0.25) is 0 Å². The Morgan fingerprint density at radius 3 is 2.60 bits per heavy atom. The summed E-state index contributed by atoms with van der Waals surface area (Å²) < 4.78 is 44.0. The molecule has 2 atom stereocenters. The first-order valence-electron chi connectivity index (χ1n) is 6.02. The lowest BCUT2D eigenvalue weighted by atomic mass is 10.0. The van der Waals surface area contributed by atoms with Crippen LogP contribution in [0.3, 0.4) is 0 Å². The van der Waals surface area contributed by atoms with Crippen molar-refractivity contribution in [3.8, 4) is 0 Å². The summed E-state index contributed by atoms with van der Waals surface area (Å²) in [5, 5.41) is 9.08. The van der Waals surface area contributed by atoms with Crippen molar-refractivity contribution < 1.29 is 27.8 Å². The third kappa shape index (κ3) is 2.72. The van der Waals surface area contributed by atoms with Crippen molar-refractivity contribution >= 4 is 11.7 Å². The van der Waals surface area contributed by atoms with E-state index in [1.807, 2.05) is 0 Å². The molecule has 1 heterocycles. The smallest absolute Gasteiger partial charge is 0.418 e. The number of nitrogens with zero attached hydrogens (tertiary/aromatic N) is 1. The van der Waals surface area contributed by atoms with Gasteiger partial charge in [-0.3, -0.25) is 4.79 Å². The van der Waals surface area contributed by atoms with Gasteiger partial charge in [-0.15, -0.1) is 0 Å². The van der Waals surface area contributed by atoms with Gasteiger partial charge in [0, 0.05) is 12.7 Å². The number of carboxylic acid groups (broad SMARTS) is 1. The van der Waals surface area contributed by atoms with Crippen molar-refractivity contribution in [1.82, 2.24) is 0 Å². The van der Waals surface area contributed by atoms with E-state index < -0.39 is 29.7 Å². The Kier molecular flexibility index (Phi) is 3.89. The molecule has 2 rings (SSSR count). The molecule has 0 radical (unpaired) electrons. The highest BCUT2D eigenvalue weighted by atomic mass is 19.4. The molecule has 0 saturated carbocycles. The zero-order valence-corrected chi connectivity index (χ0v) is 10.7. The number of halogens is 3. The maximum Gasteiger partial charge on any atom is 0.418 e. The number of likely N-dealkylation sites (N-methyl/N-ethyl adjacent to an activating group) is 1. The van der Waals surface area contributed by atoms with E-state index in [-0.39, 0.29) is 18.9 Å². The molecule has 7 heteroatoms. The molecule has 1 fully saturated rings. The van der Waals surface area contributed by atoms with Gasteiger partial charge in [-0.25, -0.2) is 0 Å². The summed E-state index contributed by atoms with van der Waals surface area (Å²) in [6.07, 6.45) is -4.48. The molecule has 0 amide bonds. The van der Waals surface area contributed by atoms with Gasteiger partial charge in [-0.1, -0.05) is 12.1 Å². The van der Waals surface area contributed by atoms with E-state index in [4.69, 9.17) is 9.84 Å². The van der Waals surface area contributed by atoms with Gasteiger partial charge >= 0.3 is 12.1 Å². The normalized spacial score (nSPS) is 22.8. The third-order valence-corrected chi connectivity index (χ3v) is 3.45. The Morgan fingerprint density at radius 1 is 1.35 bits per heavy atom. The minimum absolute atomic E-state index is 0.0124. The van der Waals surface area contributed by atoms with E-state index in [0.29, 0.717) is 0 Å². The second-order valence-corrected chi connectivity index (χ2v) is 4.68. The Bertz CT molecular complexity index is 504. The van der Waals surface area contributed by atoms with E-state index >= 15 is 0 Å². The predicted molar refractivity (Wildman–Crippen MR) is 65.6 cm³/mol. The second kappa shape index (κ2) is 5.32. The maximum atomic E-state index is 13.0. The number of benzene rings is 1. The molecular formula is C13H14F3NO3. The SMILES string of the molecule is CN(c1ccccc1C(F)(F)F)C1COCC1C(=O)O. The van der Waals surface area contributed by atoms with Crippen molar-refractivity contribution in [2.75, 3.05) is 25.2 Å². The number of aliphatic carboxylic acids is 1. The fourth-order valence-electron chi connectivity index (χ4n) is 2.36. The predicted octanol–water partition coefficient (Wildman–Crippen LogP) is 2.24. The summed E-state index contributed by atoms with van der Waals surface area (Å²) in [7, 11) is 1.46. The molecule has 1 aliphatic heterocycles. The first-order chi connectivity index (χ1) is 9.32. The van der Waals surface area contributed by atoms with Crippen LogP contribution in [0.2, 0.25) is 0 Å². The lowest BCUT2D eigenvalue weighted by Crippen LogP contribution is -2.41. The van der Waals surface area contributed by atoms with Crippen molar-refractivity contribution in [3.05, 3.63) is 29.8 Å². The van der Waals surface area contributed by atoms with E-state index in [1.54, 1.807) is 0 Å². The zero-order chi connectivity index (χ0) is 14.9. The van der Waals surface area contributed by atoms with Crippen LogP contribution in [0.15, 0.2) is 24.3 Å². The summed E-state index contributed by atoms with van der Waals surface area (Å²) in [6.45, 7) is 0.109. The molecule has 0 bridgehead atoms. The van der Waals surface area contributed by atoms with Crippen molar-refractivity contribution in [2.24, 2.45) is 5.92 Å². The topological polar surface area (TPSA) is 49.8 Å². The van der Waals surface area contributed by atoms with Gasteiger partial charge in [0.1, 0.15) is 5.92 Å². The summed E-state index contributed by atoms with van der Waals surface area (Å²) in [5.41, 5.74) is -0.819. The van der Waals surface area contributed by atoms with E-state index in [9.17, 15) is 18.0 Å². The minimum atomic E-state index is -4.48. The van der Waals surface area contributed by atoms with Crippen LogP contribution in [0.25, 0.3) is 0 Å². The Balaban J connectivity index is 2.34. The standard InChI is InChI=1S/C13H14F3NO3/c1-17(11-7-20-6-8(11)12(18)19)10-5-3-2-4-9(10)13(14,15)16/h2-5,8,11H,6-7H2,1H3,(H,18,19). The molecule has 0 aliphatic carbocycles. The monoisotopic (exact) mass is 289 g/mol. The fraction of sp³-hybridized carbons (Fsp3) is 0.462. The quantitative estimate of drug-likeness (QED) is 0.927. The largest absolute Gasteiger partial charge is 0.481 e. The number of carbonyl (C=O) groups is 1. The number of carboxylic acids is 1. The number of ether oxygens (including phenoxy) is 1. The maximum absolute atomic E-state index is 13.0. The lowest BCUT2D eigenvalue weighted by molar-refractivity contribution is -0.141. The number of anilines is 1. The molecule has 1 aromatic carbocycles. The van der Waals surface area contributed by atoms with Gasteiger partial charge in [0.05, 0.1) is 24.8 Å². The molecule has 1 N–H and O–H groups in total. The van der Waals surface area contributed by atoms with Crippen molar-refractivity contribution in [3.63, 3.8) is 0 Å². The molecule has 110 valence electrons. The second-order valence-electron chi connectivity index (χ2n) is 4.68. The molecule has 1 saturated heterocycles. The third-order valence-electron chi connectivity index (χ3n) is 3.45. The number of alkyl halides is 3. The summed E-state index contributed by atoms with van der Waals surface area (Å²) in [6, 6.07) is 4.50. The molecule has 0 aromatic heterocycles. The van der Waals surface area contributed by atoms with Gasteiger partial charge in [-0.05, 0) is 12.1 Å². The van der Waals surface area contributed by atoms with Gasteiger partial charge in [0.15, 0.2) is 0 Å². The van der Waals surface area contributed by atoms with Gasteiger partial charge in [0.25, 0.3) is 0 Å². The van der Waals surface area contributed by atoms with E-state index in [1.165, 1.54) is 30.1 Å². The molecule has 4 nitrogen and oxygen atoms in total. The zero-order valence-electron chi connectivity index (χ0n) is 10.7. The van der Waals surface area contributed by atoms with Gasteiger partial charge < -0.3 is 14.7 Å². The number of hydrogen-bond donors (Lipinski definition) is 1. The molecule has 2 unspecified atom stereocenters. The highest BCUT2D eigenvalue weighted by Crippen LogP contribution is 2.37. The van der Waals surface area contributed by atoms with Crippen LogP contribution in [0.5, 0.6) is 0 Å². The van der Waals surface area contributed by atoms with Crippen LogP contribution in [0.4, 0.5) is 18.9 Å². The Labute approximate surface area is 113 Å². The molecule has 0 spiro atoms.